The number of hydrogen-bond acceptors (Lipinski definition) is 2. The summed E-state index contributed by atoms with van der Waals surface area (Å²) in [5.74, 6) is -0.986. The Kier molecular flexibility index (Phi) is 4.09. The molecule has 0 unspecified atom stereocenters. The van der Waals surface area contributed by atoms with Crippen molar-refractivity contribution in [3.05, 3.63) is 24.0 Å². The quantitative estimate of drug-likeness (QED) is 0.752. The topological polar surface area (TPSA) is 49.3 Å². The zero-order valence-electron chi connectivity index (χ0n) is 8.59. The van der Waals surface area contributed by atoms with Crippen LogP contribution in [0.5, 0.6) is 5.75 Å². The lowest BCUT2D eigenvalue weighted by Crippen LogP contribution is -2.11. The predicted octanol–water partition coefficient (Wildman–Crippen LogP) is 2.66. The molecule has 0 spiro atoms. The second-order valence-corrected chi connectivity index (χ2v) is 3.32. The molecule has 0 bridgehead atoms. The van der Waals surface area contributed by atoms with E-state index in [1.54, 1.807) is 0 Å². The first-order valence-corrected chi connectivity index (χ1v) is 4.92. The lowest BCUT2D eigenvalue weighted by Gasteiger charge is -2.05. The average Bonchev–Trinajstić information content (AvgIpc) is 2.19. The van der Waals surface area contributed by atoms with Gasteiger partial charge in [0, 0.05) is 12.5 Å². The average molecular weight is 211 g/mol. The minimum atomic E-state index is -0.625. The molecule has 0 aromatic heterocycles. The van der Waals surface area contributed by atoms with Gasteiger partial charge in [-0.2, -0.15) is 0 Å². The number of aromatic hydroxyl groups is 1. The predicted molar refractivity (Wildman–Crippen MR) is 56.2 cm³/mol. The Morgan fingerprint density at radius 1 is 1.53 bits per heavy atom. The van der Waals surface area contributed by atoms with Crippen LogP contribution in [0.1, 0.15) is 26.2 Å². The molecule has 4 heteroatoms. The number of benzene rings is 1. The van der Waals surface area contributed by atoms with Crippen molar-refractivity contribution in [3.8, 4) is 5.75 Å². The van der Waals surface area contributed by atoms with Crippen LogP contribution in [0, 0.1) is 5.82 Å². The van der Waals surface area contributed by atoms with Crippen LogP contribution >= 0.6 is 0 Å². The molecule has 0 aliphatic heterocycles. The number of nitrogens with one attached hydrogen (secondary N) is 1. The van der Waals surface area contributed by atoms with E-state index < -0.39 is 5.82 Å². The van der Waals surface area contributed by atoms with Gasteiger partial charge in [-0.25, -0.2) is 4.39 Å². The summed E-state index contributed by atoms with van der Waals surface area (Å²) in [6, 6.07) is 3.64. The Labute approximate surface area is 87.9 Å². The number of unbranched alkanes of at least 4 members (excludes halogenated alkanes) is 1. The van der Waals surface area contributed by atoms with Crippen LogP contribution < -0.4 is 5.32 Å². The molecule has 3 nitrogen and oxygen atoms in total. The van der Waals surface area contributed by atoms with Gasteiger partial charge in [0.1, 0.15) is 11.6 Å². The maximum atomic E-state index is 13.2. The van der Waals surface area contributed by atoms with E-state index in [2.05, 4.69) is 5.32 Å². The molecule has 2 N–H and O–H groups in total. The lowest BCUT2D eigenvalue weighted by atomic mass is 10.2. The van der Waals surface area contributed by atoms with E-state index in [9.17, 15) is 9.18 Å². The molecule has 82 valence electrons. The molecule has 0 saturated heterocycles. The number of phenolic OH excluding ortho intramolecular Hbond substituents is 1. The third-order valence-corrected chi connectivity index (χ3v) is 1.98. The highest BCUT2D eigenvalue weighted by Gasteiger charge is 2.06. The van der Waals surface area contributed by atoms with Crippen molar-refractivity contribution < 1.29 is 14.3 Å². The fourth-order valence-electron chi connectivity index (χ4n) is 1.16. The van der Waals surface area contributed by atoms with Crippen LogP contribution in [0.3, 0.4) is 0 Å². The van der Waals surface area contributed by atoms with Gasteiger partial charge >= 0.3 is 0 Å². The Balaban J connectivity index is 2.60. The largest absolute Gasteiger partial charge is 0.508 e. The van der Waals surface area contributed by atoms with Crippen molar-refractivity contribution in [2.75, 3.05) is 5.32 Å². The SMILES string of the molecule is CCCCC(=O)Nc1ccc(O)cc1F. The molecule has 1 aromatic rings. The van der Waals surface area contributed by atoms with Gasteiger partial charge in [-0.05, 0) is 18.6 Å². The molecule has 0 heterocycles. The summed E-state index contributed by atoms with van der Waals surface area (Å²) in [4.78, 5) is 11.3. The first-order valence-electron chi connectivity index (χ1n) is 4.92. The number of halogens is 1. The summed E-state index contributed by atoms with van der Waals surface area (Å²) >= 11 is 0. The number of amides is 1. The smallest absolute Gasteiger partial charge is 0.224 e. The van der Waals surface area contributed by atoms with Crippen molar-refractivity contribution in [1.29, 1.82) is 0 Å². The van der Waals surface area contributed by atoms with Crippen molar-refractivity contribution in [1.82, 2.24) is 0 Å². The summed E-state index contributed by atoms with van der Waals surface area (Å²) < 4.78 is 13.2. The van der Waals surface area contributed by atoms with Gasteiger partial charge < -0.3 is 10.4 Å². The van der Waals surface area contributed by atoms with Gasteiger partial charge in [-0.15, -0.1) is 0 Å². The summed E-state index contributed by atoms with van der Waals surface area (Å²) in [5, 5.41) is 11.4. The van der Waals surface area contributed by atoms with Crippen LogP contribution in [0.25, 0.3) is 0 Å². The zero-order valence-corrected chi connectivity index (χ0v) is 8.59. The molecule has 0 fully saturated rings. The Hall–Kier alpha value is -1.58. The first-order chi connectivity index (χ1) is 7.13. The van der Waals surface area contributed by atoms with Crippen LogP contribution in [0.2, 0.25) is 0 Å². The van der Waals surface area contributed by atoms with Crippen LogP contribution in [0.15, 0.2) is 18.2 Å². The highest BCUT2D eigenvalue weighted by Crippen LogP contribution is 2.19. The number of phenols is 1. The van der Waals surface area contributed by atoms with Crippen molar-refractivity contribution in [3.63, 3.8) is 0 Å². The number of anilines is 1. The summed E-state index contributed by atoms with van der Waals surface area (Å²) in [6.07, 6.45) is 2.09. The monoisotopic (exact) mass is 211 g/mol. The molecular formula is C11H14FNO2. The number of rotatable bonds is 4. The molecule has 1 rings (SSSR count). The van der Waals surface area contributed by atoms with Crippen molar-refractivity contribution in [2.45, 2.75) is 26.2 Å². The van der Waals surface area contributed by atoms with Gasteiger partial charge in [0.25, 0.3) is 0 Å². The number of carbonyl (C=O) groups is 1. The Bertz CT molecular complexity index is 352. The maximum absolute atomic E-state index is 13.2. The van der Waals surface area contributed by atoms with Gasteiger partial charge in [-0.1, -0.05) is 13.3 Å². The van der Waals surface area contributed by atoms with Gasteiger partial charge in [0.15, 0.2) is 0 Å². The molecule has 0 atom stereocenters. The minimum Gasteiger partial charge on any atom is -0.508 e. The third kappa shape index (κ3) is 3.58. The highest BCUT2D eigenvalue weighted by molar-refractivity contribution is 5.90. The number of hydrogen-bond donors (Lipinski definition) is 2. The van der Waals surface area contributed by atoms with Crippen LogP contribution in [-0.4, -0.2) is 11.0 Å². The molecule has 0 saturated carbocycles. The summed E-state index contributed by atoms with van der Waals surface area (Å²) in [7, 11) is 0. The molecule has 0 aliphatic carbocycles. The molecule has 1 amide bonds. The molecular weight excluding hydrogens is 197 g/mol. The van der Waals surface area contributed by atoms with Gasteiger partial charge in [0.05, 0.1) is 5.69 Å². The second-order valence-electron chi connectivity index (χ2n) is 3.32. The highest BCUT2D eigenvalue weighted by atomic mass is 19.1. The van der Waals surface area contributed by atoms with Gasteiger partial charge in [-0.3, -0.25) is 4.79 Å². The molecule has 1 aromatic carbocycles. The Morgan fingerprint density at radius 3 is 2.87 bits per heavy atom. The minimum absolute atomic E-state index is 0.105. The maximum Gasteiger partial charge on any atom is 0.224 e. The van der Waals surface area contributed by atoms with Crippen LogP contribution in [-0.2, 0) is 4.79 Å². The molecule has 0 radical (unpaired) electrons. The fourth-order valence-corrected chi connectivity index (χ4v) is 1.16. The zero-order chi connectivity index (χ0) is 11.3. The van der Waals surface area contributed by atoms with E-state index in [4.69, 9.17) is 5.11 Å². The van der Waals surface area contributed by atoms with E-state index in [-0.39, 0.29) is 17.3 Å². The third-order valence-electron chi connectivity index (χ3n) is 1.98. The van der Waals surface area contributed by atoms with E-state index in [1.165, 1.54) is 12.1 Å². The molecule has 0 aliphatic rings. The first kappa shape index (κ1) is 11.5. The van der Waals surface area contributed by atoms with Crippen LogP contribution in [0.4, 0.5) is 10.1 Å². The second kappa shape index (κ2) is 5.34. The van der Waals surface area contributed by atoms with E-state index in [1.807, 2.05) is 6.92 Å². The van der Waals surface area contributed by atoms with E-state index in [0.717, 1.165) is 18.9 Å². The standard InChI is InChI=1S/C11H14FNO2/c1-2-3-4-11(15)13-10-6-5-8(14)7-9(10)12/h5-7,14H,2-4H2,1H3,(H,13,15). The fraction of sp³-hybridized carbons (Fsp3) is 0.364. The van der Waals surface area contributed by atoms with Gasteiger partial charge in [0.2, 0.25) is 5.91 Å². The van der Waals surface area contributed by atoms with Crippen molar-refractivity contribution >= 4 is 11.6 Å². The van der Waals surface area contributed by atoms with Crippen molar-refractivity contribution in [2.24, 2.45) is 0 Å². The summed E-state index contributed by atoms with van der Waals surface area (Å²) in [5.41, 5.74) is 0.105. The Morgan fingerprint density at radius 2 is 2.27 bits per heavy atom. The molecule has 15 heavy (non-hydrogen) atoms. The number of carbonyl (C=O) groups excluding carboxylic acids is 1. The van der Waals surface area contributed by atoms with E-state index in [0.29, 0.717) is 6.42 Å². The normalized spacial score (nSPS) is 10.0. The summed E-state index contributed by atoms with van der Waals surface area (Å²) in [6.45, 7) is 1.98. The lowest BCUT2D eigenvalue weighted by molar-refractivity contribution is -0.116. The van der Waals surface area contributed by atoms with E-state index >= 15 is 0 Å².